The fraction of sp³-hybridized carbons (Fsp3) is 0.500. The minimum absolute atomic E-state index is 0. The summed E-state index contributed by atoms with van der Waals surface area (Å²) in [7, 11) is 0. The Kier molecular flexibility index (Phi) is 6.83. The third-order valence-electron chi connectivity index (χ3n) is 3.22. The van der Waals surface area contributed by atoms with E-state index >= 15 is 0 Å². The highest BCUT2D eigenvalue weighted by Crippen LogP contribution is 2.12. The van der Waals surface area contributed by atoms with Crippen LogP contribution in [0.15, 0.2) is 28.7 Å². The lowest BCUT2D eigenvalue weighted by molar-refractivity contribution is -0.123. The van der Waals surface area contributed by atoms with E-state index in [1.807, 2.05) is 12.1 Å². The van der Waals surface area contributed by atoms with E-state index in [-0.39, 0.29) is 30.4 Å². The summed E-state index contributed by atoms with van der Waals surface area (Å²) in [5.74, 6) is 0.136. The van der Waals surface area contributed by atoms with Crippen LogP contribution in [-0.2, 0) is 11.2 Å². The zero-order valence-electron chi connectivity index (χ0n) is 11.0. The number of halogens is 2. The standard InChI is InChI=1S/C14H19BrN2O.ClH/c1-10(9-11-4-6-12(15)7-5-11)17-14(18)13-3-2-8-16-13;/h4-7,10,13,16H,2-3,8-9H2,1H3,(H,17,18);1H. The van der Waals surface area contributed by atoms with Crippen LogP contribution < -0.4 is 10.6 Å². The molecule has 0 spiro atoms. The van der Waals surface area contributed by atoms with Gasteiger partial charge in [-0.1, -0.05) is 28.1 Å². The lowest BCUT2D eigenvalue weighted by atomic mass is 10.1. The third kappa shape index (κ3) is 5.13. The Balaban J connectivity index is 0.00000180. The molecule has 1 heterocycles. The minimum atomic E-state index is 0. The summed E-state index contributed by atoms with van der Waals surface area (Å²) in [5, 5.41) is 6.29. The largest absolute Gasteiger partial charge is 0.352 e. The van der Waals surface area contributed by atoms with Crippen molar-refractivity contribution in [2.24, 2.45) is 0 Å². The molecular formula is C14H20BrClN2O. The number of hydrogen-bond donors (Lipinski definition) is 2. The van der Waals surface area contributed by atoms with Crippen molar-refractivity contribution in [3.8, 4) is 0 Å². The van der Waals surface area contributed by atoms with Gasteiger partial charge < -0.3 is 10.6 Å². The van der Waals surface area contributed by atoms with E-state index < -0.39 is 0 Å². The van der Waals surface area contributed by atoms with Crippen molar-refractivity contribution in [2.45, 2.75) is 38.3 Å². The molecule has 1 aromatic rings. The summed E-state index contributed by atoms with van der Waals surface area (Å²) in [5.41, 5.74) is 1.24. The maximum atomic E-state index is 11.9. The molecule has 1 amide bonds. The van der Waals surface area contributed by atoms with Gasteiger partial charge >= 0.3 is 0 Å². The second-order valence-corrected chi connectivity index (χ2v) is 5.80. The van der Waals surface area contributed by atoms with E-state index in [1.54, 1.807) is 0 Å². The molecule has 19 heavy (non-hydrogen) atoms. The molecule has 2 atom stereocenters. The zero-order chi connectivity index (χ0) is 13.0. The SMILES string of the molecule is CC(Cc1ccc(Br)cc1)NC(=O)C1CCCN1.Cl. The van der Waals surface area contributed by atoms with Gasteiger partial charge in [0.05, 0.1) is 6.04 Å². The molecule has 1 saturated heterocycles. The van der Waals surface area contributed by atoms with Gasteiger partial charge in [-0.15, -0.1) is 12.4 Å². The highest BCUT2D eigenvalue weighted by molar-refractivity contribution is 9.10. The van der Waals surface area contributed by atoms with Gasteiger partial charge in [0.25, 0.3) is 0 Å². The first-order chi connectivity index (χ1) is 8.65. The second kappa shape index (κ2) is 7.88. The molecule has 0 radical (unpaired) electrons. The van der Waals surface area contributed by atoms with Crippen molar-refractivity contribution in [1.29, 1.82) is 0 Å². The van der Waals surface area contributed by atoms with Crippen LogP contribution in [-0.4, -0.2) is 24.5 Å². The summed E-state index contributed by atoms with van der Waals surface area (Å²) >= 11 is 3.42. The van der Waals surface area contributed by atoms with Crippen molar-refractivity contribution >= 4 is 34.2 Å². The Morgan fingerprint density at radius 1 is 1.47 bits per heavy atom. The molecule has 5 heteroatoms. The summed E-state index contributed by atoms with van der Waals surface area (Å²) in [6, 6.07) is 8.41. The Hall–Kier alpha value is -0.580. The van der Waals surface area contributed by atoms with E-state index in [9.17, 15) is 4.79 Å². The molecule has 0 saturated carbocycles. The highest BCUT2D eigenvalue weighted by atomic mass is 79.9. The number of benzene rings is 1. The van der Waals surface area contributed by atoms with E-state index in [0.717, 1.165) is 30.3 Å². The lowest BCUT2D eigenvalue weighted by Gasteiger charge is -2.17. The topological polar surface area (TPSA) is 41.1 Å². The van der Waals surface area contributed by atoms with E-state index in [2.05, 4.69) is 45.6 Å². The molecule has 2 unspecified atom stereocenters. The maximum absolute atomic E-state index is 11.9. The zero-order valence-corrected chi connectivity index (χ0v) is 13.4. The number of hydrogen-bond acceptors (Lipinski definition) is 2. The third-order valence-corrected chi connectivity index (χ3v) is 3.75. The molecule has 2 N–H and O–H groups in total. The van der Waals surface area contributed by atoms with Gasteiger partial charge in [0.1, 0.15) is 0 Å². The van der Waals surface area contributed by atoms with Crippen LogP contribution in [0.1, 0.15) is 25.3 Å². The molecule has 1 aliphatic heterocycles. The van der Waals surface area contributed by atoms with Gasteiger partial charge in [-0.05, 0) is 50.4 Å². The fourth-order valence-corrected chi connectivity index (χ4v) is 2.54. The summed E-state index contributed by atoms with van der Waals surface area (Å²) < 4.78 is 1.08. The summed E-state index contributed by atoms with van der Waals surface area (Å²) in [6.45, 7) is 3.01. The fourth-order valence-electron chi connectivity index (χ4n) is 2.28. The predicted octanol–water partition coefficient (Wildman–Crippen LogP) is 2.67. The molecule has 0 aromatic heterocycles. The molecule has 0 bridgehead atoms. The Morgan fingerprint density at radius 3 is 2.74 bits per heavy atom. The smallest absolute Gasteiger partial charge is 0.237 e. The molecule has 106 valence electrons. The van der Waals surface area contributed by atoms with Crippen molar-refractivity contribution in [3.05, 3.63) is 34.3 Å². The highest BCUT2D eigenvalue weighted by Gasteiger charge is 2.22. The average Bonchev–Trinajstić information content (AvgIpc) is 2.85. The van der Waals surface area contributed by atoms with E-state index in [0.29, 0.717) is 0 Å². The first kappa shape index (κ1) is 16.5. The van der Waals surface area contributed by atoms with Crippen LogP contribution in [0, 0.1) is 0 Å². The van der Waals surface area contributed by atoms with E-state index in [4.69, 9.17) is 0 Å². The average molecular weight is 348 g/mol. The van der Waals surface area contributed by atoms with Gasteiger partial charge in [-0.25, -0.2) is 0 Å². The van der Waals surface area contributed by atoms with Crippen LogP contribution in [0.25, 0.3) is 0 Å². The molecular weight excluding hydrogens is 328 g/mol. The summed E-state index contributed by atoms with van der Waals surface area (Å²) in [6.07, 6.45) is 2.92. The minimum Gasteiger partial charge on any atom is -0.352 e. The number of rotatable bonds is 4. The van der Waals surface area contributed by atoms with Gasteiger partial charge in [0.2, 0.25) is 5.91 Å². The normalized spacial score (nSPS) is 19.6. The van der Waals surface area contributed by atoms with Crippen molar-refractivity contribution in [1.82, 2.24) is 10.6 Å². The van der Waals surface area contributed by atoms with E-state index in [1.165, 1.54) is 5.56 Å². The molecule has 1 fully saturated rings. The maximum Gasteiger partial charge on any atom is 0.237 e. The lowest BCUT2D eigenvalue weighted by Crippen LogP contribution is -2.44. The molecule has 1 aromatic carbocycles. The number of nitrogens with one attached hydrogen (secondary N) is 2. The van der Waals surface area contributed by atoms with Crippen molar-refractivity contribution in [3.63, 3.8) is 0 Å². The van der Waals surface area contributed by atoms with Crippen LogP contribution >= 0.6 is 28.3 Å². The monoisotopic (exact) mass is 346 g/mol. The number of carbonyl (C=O) groups excluding carboxylic acids is 1. The van der Waals surface area contributed by atoms with Gasteiger partial charge in [0.15, 0.2) is 0 Å². The van der Waals surface area contributed by atoms with Gasteiger partial charge in [0, 0.05) is 10.5 Å². The Labute approximate surface area is 129 Å². The second-order valence-electron chi connectivity index (χ2n) is 4.89. The first-order valence-corrected chi connectivity index (χ1v) is 7.22. The first-order valence-electron chi connectivity index (χ1n) is 6.43. The van der Waals surface area contributed by atoms with Crippen LogP contribution in [0.3, 0.4) is 0 Å². The molecule has 1 aliphatic rings. The van der Waals surface area contributed by atoms with Crippen LogP contribution in [0.4, 0.5) is 0 Å². The number of amides is 1. The van der Waals surface area contributed by atoms with Crippen molar-refractivity contribution < 1.29 is 4.79 Å². The summed E-state index contributed by atoms with van der Waals surface area (Å²) in [4.78, 5) is 11.9. The predicted molar refractivity (Wildman–Crippen MR) is 83.7 cm³/mol. The van der Waals surface area contributed by atoms with Crippen LogP contribution in [0.2, 0.25) is 0 Å². The molecule has 3 nitrogen and oxygen atoms in total. The Bertz CT molecular complexity index is 404. The number of carbonyl (C=O) groups is 1. The van der Waals surface area contributed by atoms with Gasteiger partial charge in [-0.3, -0.25) is 4.79 Å². The molecule has 2 rings (SSSR count). The van der Waals surface area contributed by atoms with Gasteiger partial charge in [-0.2, -0.15) is 0 Å². The van der Waals surface area contributed by atoms with Crippen LogP contribution in [0.5, 0.6) is 0 Å². The Morgan fingerprint density at radius 2 is 2.16 bits per heavy atom. The molecule has 0 aliphatic carbocycles. The van der Waals surface area contributed by atoms with Crippen molar-refractivity contribution in [2.75, 3.05) is 6.54 Å². The quantitative estimate of drug-likeness (QED) is 0.879.